The third-order valence-corrected chi connectivity index (χ3v) is 10.5. The Labute approximate surface area is 290 Å². The number of amides is 1. The molecule has 0 aliphatic carbocycles. The quantitative estimate of drug-likeness (QED) is 0.190. The first-order chi connectivity index (χ1) is 23.9. The van der Waals surface area contributed by atoms with Gasteiger partial charge in [-0.25, -0.2) is 0 Å². The Balaban J connectivity index is 1.18. The lowest BCUT2D eigenvalue weighted by Crippen LogP contribution is -2.48. The number of carbonyl (C=O) groups excluding carboxylic acids is 1. The van der Waals surface area contributed by atoms with Gasteiger partial charge in [-0.3, -0.25) is 14.5 Å². The predicted octanol–water partition coefficient (Wildman–Crippen LogP) is 6.07. The monoisotopic (exact) mass is 669 g/mol. The molecule has 6 rings (SSSR count). The minimum atomic E-state index is -0.893. The van der Waals surface area contributed by atoms with Crippen LogP contribution in [0.3, 0.4) is 0 Å². The molecule has 3 aliphatic rings. The Bertz CT molecular complexity index is 1520. The molecule has 1 amide bonds. The second-order valence-corrected chi connectivity index (χ2v) is 13.9. The Kier molecular flexibility index (Phi) is 12.1. The van der Waals surface area contributed by atoms with E-state index in [1.165, 1.54) is 38.8 Å². The maximum Gasteiger partial charge on any atom is 0.303 e. The molecule has 3 heterocycles. The van der Waals surface area contributed by atoms with Gasteiger partial charge in [0.15, 0.2) is 6.29 Å². The zero-order valence-corrected chi connectivity index (χ0v) is 28.6. The van der Waals surface area contributed by atoms with Crippen molar-refractivity contribution in [1.82, 2.24) is 15.1 Å². The second-order valence-electron chi connectivity index (χ2n) is 13.9. The first-order valence-corrected chi connectivity index (χ1v) is 18.0. The Morgan fingerprint density at radius 3 is 2.33 bits per heavy atom. The largest absolute Gasteiger partial charge is 0.481 e. The predicted molar refractivity (Wildman–Crippen MR) is 188 cm³/mol. The van der Waals surface area contributed by atoms with Crippen molar-refractivity contribution in [2.24, 2.45) is 5.92 Å². The molecule has 0 unspecified atom stereocenters. The molecule has 3 aliphatic heterocycles. The maximum absolute atomic E-state index is 12.3. The highest BCUT2D eigenvalue weighted by atomic mass is 16.7. The Morgan fingerprint density at radius 2 is 1.59 bits per heavy atom. The number of carbonyl (C=O) groups is 2. The van der Waals surface area contributed by atoms with Crippen molar-refractivity contribution in [1.29, 1.82) is 0 Å². The van der Waals surface area contributed by atoms with Crippen molar-refractivity contribution in [2.45, 2.75) is 89.6 Å². The van der Waals surface area contributed by atoms with Gasteiger partial charge in [-0.1, -0.05) is 79.7 Å². The summed E-state index contributed by atoms with van der Waals surface area (Å²) >= 11 is 0. The number of nitrogens with one attached hydrogen (secondary N) is 1. The van der Waals surface area contributed by atoms with Crippen molar-refractivity contribution < 1.29 is 29.3 Å². The van der Waals surface area contributed by atoms with E-state index in [1.54, 1.807) is 0 Å². The van der Waals surface area contributed by atoms with Gasteiger partial charge >= 0.3 is 5.97 Å². The number of likely N-dealkylation sites (tertiary alicyclic amines) is 2. The van der Waals surface area contributed by atoms with Crippen LogP contribution in [0.25, 0.3) is 11.1 Å². The topological polar surface area (TPSA) is 112 Å². The smallest absolute Gasteiger partial charge is 0.303 e. The molecular formula is C40H51N3O6. The lowest BCUT2D eigenvalue weighted by atomic mass is 9.89. The van der Waals surface area contributed by atoms with E-state index in [4.69, 9.17) is 14.6 Å². The van der Waals surface area contributed by atoms with Crippen LogP contribution in [0.2, 0.25) is 0 Å². The lowest BCUT2D eigenvalue weighted by Gasteiger charge is -2.43. The van der Waals surface area contributed by atoms with Crippen LogP contribution in [-0.4, -0.2) is 76.8 Å². The zero-order valence-electron chi connectivity index (χ0n) is 28.6. The number of aliphatic hydroxyl groups excluding tert-OH is 1. The molecule has 262 valence electrons. The van der Waals surface area contributed by atoms with E-state index < -0.39 is 12.3 Å². The summed E-state index contributed by atoms with van der Waals surface area (Å²) in [7, 11) is 0. The van der Waals surface area contributed by atoms with E-state index in [9.17, 15) is 14.7 Å². The van der Waals surface area contributed by atoms with Crippen LogP contribution in [0.15, 0.2) is 72.8 Å². The number of ether oxygens (including phenoxy) is 2. The number of rotatable bonds is 14. The molecule has 0 bridgehead atoms. The zero-order chi connectivity index (χ0) is 34.2. The highest BCUT2D eigenvalue weighted by Crippen LogP contribution is 2.42. The molecule has 3 fully saturated rings. The van der Waals surface area contributed by atoms with Crippen molar-refractivity contribution in [2.75, 3.05) is 32.7 Å². The van der Waals surface area contributed by atoms with E-state index in [1.807, 2.05) is 36.4 Å². The van der Waals surface area contributed by atoms with Gasteiger partial charge < -0.3 is 29.9 Å². The molecule has 3 N–H and O–H groups in total. The van der Waals surface area contributed by atoms with Gasteiger partial charge in [0.1, 0.15) is 0 Å². The normalized spacial score (nSPS) is 24.7. The minimum absolute atomic E-state index is 0.0116. The second kappa shape index (κ2) is 16.9. The standard InChI is InChI=1S/C40H51N3O6/c1-28-36(26-43-23-7-9-34(43)25-42-21-4-5-22-42)48-40(49-39(28)31-15-13-29(27-44)14-16-31)32-19-17-30(18-20-32)35-10-3-2-8-33(35)24-41-37(45)11-6-12-38(46)47/h2-3,8,10,13-20,28,34,36,39-40,44H,4-7,9,11-12,21-27H2,1H3,(H,41,45)(H,46,47)/t28-,34+,36+,39+,40+/m1/s1. The van der Waals surface area contributed by atoms with Crippen LogP contribution < -0.4 is 5.32 Å². The molecule has 0 radical (unpaired) electrons. The van der Waals surface area contributed by atoms with Gasteiger partial charge in [0.25, 0.3) is 0 Å². The first kappa shape index (κ1) is 35.2. The van der Waals surface area contributed by atoms with E-state index in [2.05, 4.69) is 58.4 Å². The summed E-state index contributed by atoms with van der Waals surface area (Å²) in [5, 5.41) is 21.4. The highest BCUT2D eigenvalue weighted by Gasteiger charge is 2.40. The SMILES string of the molecule is C[C@@H]1[C@H](CN2CCC[C@H]2CN2CCCC2)O[C@H](c2ccc(-c3ccccc3CNC(=O)CCCC(=O)O)cc2)O[C@@H]1c1ccc(CO)cc1. The molecule has 9 heteroatoms. The van der Waals surface area contributed by atoms with Crippen molar-refractivity contribution in [3.05, 3.63) is 95.1 Å². The molecule has 5 atom stereocenters. The number of nitrogens with zero attached hydrogens (tertiary/aromatic N) is 2. The average molecular weight is 670 g/mol. The fourth-order valence-electron chi connectivity index (χ4n) is 7.62. The van der Waals surface area contributed by atoms with Gasteiger partial charge in [0.05, 0.1) is 18.8 Å². The van der Waals surface area contributed by atoms with Crippen molar-refractivity contribution in [3.8, 4) is 11.1 Å². The third kappa shape index (κ3) is 9.15. The van der Waals surface area contributed by atoms with Crippen molar-refractivity contribution in [3.63, 3.8) is 0 Å². The molecule has 49 heavy (non-hydrogen) atoms. The van der Waals surface area contributed by atoms with Gasteiger partial charge in [-0.15, -0.1) is 0 Å². The molecule has 9 nitrogen and oxygen atoms in total. The van der Waals surface area contributed by atoms with Crippen LogP contribution in [0, 0.1) is 5.92 Å². The molecular weight excluding hydrogens is 618 g/mol. The van der Waals surface area contributed by atoms with Crippen LogP contribution >= 0.6 is 0 Å². The van der Waals surface area contributed by atoms with E-state index in [0.717, 1.165) is 53.0 Å². The molecule has 0 aromatic heterocycles. The van der Waals surface area contributed by atoms with Crippen molar-refractivity contribution >= 4 is 11.9 Å². The number of carboxylic acids is 1. The molecule has 3 aromatic rings. The van der Waals surface area contributed by atoms with E-state index in [0.29, 0.717) is 19.0 Å². The number of carboxylic acid groups (broad SMARTS) is 1. The summed E-state index contributed by atoms with van der Waals surface area (Å²) < 4.78 is 13.6. The molecule has 0 spiro atoms. The summed E-state index contributed by atoms with van der Waals surface area (Å²) in [5.74, 6) is -0.913. The molecule has 3 saturated heterocycles. The van der Waals surface area contributed by atoms with Gasteiger partial charge in [0, 0.05) is 50.0 Å². The maximum atomic E-state index is 12.3. The third-order valence-electron chi connectivity index (χ3n) is 10.5. The average Bonchev–Trinajstić information content (AvgIpc) is 3.81. The van der Waals surface area contributed by atoms with Gasteiger partial charge in [-0.05, 0) is 79.6 Å². The fourth-order valence-corrected chi connectivity index (χ4v) is 7.62. The van der Waals surface area contributed by atoms with E-state index in [-0.39, 0.29) is 43.5 Å². The van der Waals surface area contributed by atoms with Gasteiger partial charge in [-0.2, -0.15) is 0 Å². The number of hydrogen-bond acceptors (Lipinski definition) is 7. The van der Waals surface area contributed by atoms with Crippen LogP contribution in [0.5, 0.6) is 0 Å². The lowest BCUT2D eigenvalue weighted by molar-refractivity contribution is -0.276. The number of aliphatic carboxylic acids is 1. The minimum Gasteiger partial charge on any atom is -0.481 e. The first-order valence-electron chi connectivity index (χ1n) is 18.0. The number of hydrogen-bond donors (Lipinski definition) is 3. The van der Waals surface area contributed by atoms with E-state index >= 15 is 0 Å². The van der Waals surface area contributed by atoms with Gasteiger partial charge in [0.2, 0.25) is 5.91 Å². The van der Waals surface area contributed by atoms with Crippen LogP contribution in [0.1, 0.15) is 86.5 Å². The van der Waals surface area contributed by atoms with Crippen LogP contribution in [0.4, 0.5) is 0 Å². The summed E-state index contributed by atoms with van der Waals surface area (Å²) in [6.07, 6.45) is 4.87. The Morgan fingerprint density at radius 1 is 0.857 bits per heavy atom. The Hall–Kier alpha value is -3.60. The number of aliphatic hydroxyl groups is 1. The summed E-state index contributed by atoms with van der Waals surface area (Å²) in [5.41, 5.74) is 5.97. The summed E-state index contributed by atoms with van der Waals surface area (Å²) in [4.78, 5) is 28.4. The number of benzene rings is 3. The summed E-state index contributed by atoms with van der Waals surface area (Å²) in [6, 6.07) is 25.0. The van der Waals surface area contributed by atoms with Crippen LogP contribution in [-0.2, 0) is 32.2 Å². The molecule has 0 saturated carbocycles. The highest BCUT2D eigenvalue weighted by molar-refractivity contribution is 5.77. The summed E-state index contributed by atoms with van der Waals surface area (Å²) in [6.45, 7) is 8.16. The fraction of sp³-hybridized carbons (Fsp3) is 0.500. The molecule has 3 aromatic carbocycles.